The lowest BCUT2D eigenvalue weighted by atomic mass is 10.1. The second-order valence-electron chi connectivity index (χ2n) is 3.06. The second kappa shape index (κ2) is 4.36. The molecule has 0 amide bonds. The van der Waals surface area contributed by atoms with Gasteiger partial charge in [0.1, 0.15) is 5.75 Å². The fourth-order valence-electron chi connectivity index (χ4n) is 1.41. The van der Waals surface area contributed by atoms with Crippen LogP contribution in [0.2, 0.25) is 5.02 Å². The van der Waals surface area contributed by atoms with Gasteiger partial charge in [-0.15, -0.1) is 0 Å². The Kier molecular flexibility index (Phi) is 2.92. The molecule has 0 spiro atoms. The lowest BCUT2D eigenvalue weighted by Gasteiger charge is -2.08. The van der Waals surface area contributed by atoms with Crippen LogP contribution in [0.5, 0.6) is 5.75 Å². The van der Waals surface area contributed by atoms with Crippen LogP contribution in [-0.2, 0) is 0 Å². The summed E-state index contributed by atoms with van der Waals surface area (Å²) in [5, 5.41) is 7.36. The third kappa shape index (κ3) is 2.13. The summed E-state index contributed by atoms with van der Waals surface area (Å²) in [5.41, 5.74) is 1.93. The molecule has 2 rings (SSSR count). The molecule has 0 aliphatic heterocycles. The van der Waals surface area contributed by atoms with Crippen LogP contribution >= 0.6 is 11.6 Å². The van der Waals surface area contributed by atoms with Gasteiger partial charge in [0.05, 0.1) is 12.8 Å². The highest BCUT2D eigenvalue weighted by Gasteiger charge is 2.07. The highest BCUT2D eigenvalue weighted by Crippen LogP contribution is 2.31. The van der Waals surface area contributed by atoms with Gasteiger partial charge in [0.2, 0.25) is 0 Å². The van der Waals surface area contributed by atoms with Crippen molar-refractivity contribution < 1.29 is 4.74 Å². The standard InChI is InChI=1S/C11H11ClN2O/c1-2-15-11-4-3-9(12)5-10(11)8-6-13-14-7-8/h3-7H,2H2,1H3,(H,13,14). The molecule has 1 heterocycles. The molecule has 0 aliphatic rings. The van der Waals surface area contributed by atoms with Crippen LogP contribution < -0.4 is 4.74 Å². The Morgan fingerprint density at radius 1 is 1.47 bits per heavy atom. The van der Waals surface area contributed by atoms with E-state index in [-0.39, 0.29) is 0 Å². The highest BCUT2D eigenvalue weighted by molar-refractivity contribution is 6.31. The van der Waals surface area contributed by atoms with E-state index in [0.29, 0.717) is 11.6 Å². The first-order chi connectivity index (χ1) is 7.31. The number of nitrogens with zero attached hydrogens (tertiary/aromatic N) is 1. The number of rotatable bonds is 3. The fraction of sp³-hybridized carbons (Fsp3) is 0.182. The third-order valence-electron chi connectivity index (χ3n) is 2.05. The molecule has 15 heavy (non-hydrogen) atoms. The van der Waals surface area contributed by atoms with Gasteiger partial charge in [-0.2, -0.15) is 5.10 Å². The van der Waals surface area contributed by atoms with E-state index in [1.165, 1.54) is 0 Å². The zero-order valence-electron chi connectivity index (χ0n) is 8.33. The fourth-order valence-corrected chi connectivity index (χ4v) is 1.58. The van der Waals surface area contributed by atoms with Crippen molar-refractivity contribution in [2.75, 3.05) is 6.61 Å². The summed E-state index contributed by atoms with van der Waals surface area (Å²) in [4.78, 5) is 0. The predicted octanol–water partition coefficient (Wildman–Crippen LogP) is 3.13. The summed E-state index contributed by atoms with van der Waals surface area (Å²) in [5.74, 6) is 0.823. The molecule has 1 aromatic carbocycles. The average Bonchev–Trinajstić information content (AvgIpc) is 2.74. The van der Waals surface area contributed by atoms with Crippen LogP contribution in [0.1, 0.15) is 6.92 Å². The molecule has 2 aromatic rings. The van der Waals surface area contributed by atoms with Gasteiger partial charge in [-0.3, -0.25) is 5.10 Å². The van der Waals surface area contributed by atoms with Crippen molar-refractivity contribution in [1.82, 2.24) is 10.2 Å². The summed E-state index contributed by atoms with van der Waals surface area (Å²) >= 11 is 5.95. The molecule has 0 saturated carbocycles. The van der Waals surface area contributed by atoms with E-state index in [2.05, 4.69) is 10.2 Å². The number of hydrogen-bond acceptors (Lipinski definition) is 2. The van der Waals surface area contributed by atoms with E-state index < -0.39 is 0 Å². The molecule has 1 N–H and O–H groups in total. The van der Waals surface area contributed by atoms with Crippen molar-refractivity contribution in [3.05, 3.63) is 35.6 Å². The minimum Gasteiger partial charge on any atom is -0.493 e. The van der Waals surface area contributed by atoms with E-state index in [1.54, 1.807) is 6.20 Å². The van der Waals surface area contributed by atoms with Crippen LogP contribution in [0.3, 0.4) is 0 Å². The molecular formula is C11H11ClN2O. The first kappa shape index (κ1) is 10.1. The largest absolute Gasteiger partial charge is 0.493 e. The maximum absolute atomic E-state index is 5.95. The Bertz CT molecular complexity index is 440. The van der Waals surface area contributed by atoms with Crippen molar-refractivity contribution in [3.8, 4) is 16.9 Å². The third-order valence-corrected chi connectivity index (χ3v) is 2.29. The normalized spacial score (nSPS) is 10.3. The van der Waals surface area contributed by atoms with Crippen LogP contribution in [0, 0.1) is 0 Å². The van der Waals surface area contributed by atoms with E-state index in [9.17, 15) is 0 Å². The Morgan fingerprint density at radius 2 is 2.33 bits per heavy atom. The van der Waals surface area contributed by atoms with Gasteiger partial charge in [-0.1, -0.05) is 11.6 Å². The summed E-state index contributed by atoms with van der Waals surface area (Å²) in [6.45, 7) is 2.58. The first-order valence-corrected chi connectivity index (χ1v) is 5.10. The number of benzene rings is 1. The predicted molar refractivity (Wildman–Crippen MR) is 60.2 cm³/mol. The lowest BCUT2D eigenvalue weighted by Crippen LogP contribution is -1.93. The zero-order valence-corrected chi connectivity index (χ0v) is 9.08. The molecule has 78 valence electrons. The summed E-state index contributed by atoms with van der Waals surface area (Å²) in [6, 6.07) is 5.56. The van der Waals surface area contributed by atoms with Crippen LogP contribution in [0.4, 0.5) is 0 Å². The molecular weight excluding hydrogens is 212 g/mol. The second-order valence-corrected chi connectivity index (χ2v) is 3.50. The van der Waals surface area contributed by atoms with Crippen molar-refractivity contribution in [1.29, 1.82) is 0 Å². The van der Waals surface area contributed by atoms with E-state index in [1.807, 2.05) is 31.3 Å². The maximum Gasteiger partial charge on any atom is 0.127 e. The quantitative estimate of drug-likeness (QED) is 0.867. The number of ether oxygens (including phenoxy) is 1. The van der Waals surface area contributed by atoms with Gasteiger partial charge in [0, 0.05) is 22.3 Å². The minimum atomic E-state index is 0.631. The number of aromatic amines is 1. The Hall–Kier alpha value is -1.48. The van der Waals surface area contributed by atoms with E-state index in [0.717, 1.165) is 16.9 Å². The number of nitrogens with one attached hydrogen (secondary N) is 1. The van der Waals surface area contributed by atoms with E-state index in [4.69, 9.17) is 16.3 Å². The van der Waals surface area contributed by atoms with Crippen LogP contribution in [-0.4, -0.2) is 16.8 Å². The smallest absolute Gasteiger partial charge is 0.127 e. The Morgan fingerprint density at radius 3 is 3.00 bits per heavy atom. The van der Waals surface area contributed by atoms with Gasteiger partial charge >= 0.3 is 0 Å². The van der Waals surface area contributed by atoms with E-state index >= 15 is 0 Å². The molecule has 4 heteroatoms. The van der Waals surface area contributed by atoms with Gasteiger partial charge in [-0.25, -0.2) is 0 Å². The van der Waals surface area contributed by atoms with Crippen molar-refractivity contribution in [2.24, 2.45) is 0 Å². The first-order valence-electron chi connectivity index (χ1n) is 4.72. The zero-order chi connectivity index (χ0) is 10.7. The van der Waals surface area contributed by atoms with Crippen LogP contribution in [0.25, 0.3) is 11.1 Å². The molecule has 0 radical (unpaired) electrons. The van der Waals surface area contributed by atoms with Gasteiger partial charge in [0.15, 0.2) is 0 Å². The maximum atomic E-state index is 5.95. The molecule has 0 fully saturated rings. The summed E-state index contributed by atoms with van der Waals surface area (Å²) in [7, 11) is 0. The summed E-state index contributed by atoms with van der Waals surface area (Å²) < 4.78 is 5.52. The van der Waals surface area contributed by atoms with Crippen molar-refractivity contribution in [3.63, 3.8) is 0 Å². The van der Waals surface area contributed by atoms with Gasteiger partial charge in [-0.05, 0) is 25.1 Å². The summed E-state index contributed by atoms with van der Waals surface area (Å²) in [6.07, 6.45) is 3.56. The number of halogens is 1. The molecule has 0 saturated heterocycles. The molecule has 3 nitrogen and oxygen atoms in total. The molecule has 0 atom stereocenters. The SMILES string of the molecule is CCOc1ccc(Cl)cc1-c1cn[nH]c1. The molecule has 0 aliphatic carbocycles. The topological polar surface area (TPSA) is 37.9 Å². The monoisotopic (exact) mass is 222 g/mol. The number of H-pyrrole nitrogens is 1. The molecule has 0 unspecified atom stereocenters. The Labute approximate surface area is 93.0 Å². The van der Waals surface area contributed by atoms with Crippen molar-refractivity contribution in [2.45, 2.75) is 6.92 Å². The molecule has 0 bridgehead atoms. The van der Waals surface area contributed by atoms with Gasteiger partial charge < -0.3 is 4.74 Å². The van der Waals surface area contributed by atoms with Crippen LogP contribution in [0.15, 0.2) is 30.6 Å². The number of aromatic nitrogens is 2. The average molecular weight is 223 g/mol. The van der Waals surface area contributed by atoms with Crippen molar-refractivity contribution >= 4 is 11.6 Å². The minimum absolute atomic E-state index is 0.631. The highest BCUT2D eigenvalue weighted by atomic mass is 35.5. The lowest BCUT2D eigenvalue weighted by molar-refractivity contribution is 0.341. The Balaban J connectivity index is 2.47. The number of hydrogen-bond donors (Lipinski definition) is 1. The van der Waals surface area contributed by atoms with Gasteiger partial charge in [0.25, 0.3) is 0 Å². The molecule has 1 aromatic heterocycles.